The maximum Gasteiger partial charge on any atom is 0.267 e. The first-order chi connectivity index (χ1) is 6.59. The number of hydrogen-bond acceptors (Lipinski definition) is 4. The quantitative estimate of drug-likeness (QED) is 0.478. The van der Waals surface area contributed by atoms with Crippen LogP contribution in [0.3, 0.4) is 0 Å². The van der Waals surface area contributed by atoms with E-state index in [0.29, 0.717) is 0 Å². The van der Waals surface area contributed by atoms with E-state index in [1.165, 1.54) is 0 Å². The molecular weight excluding hydrogens is 193 g/mol. The Kier molecular flexibility index (Phi) is 1.66. The number of allylic oxidation sites excluding steroid dienone is 3. The lowest BCUT2D eigenvalue weighted by atomic mass is 9.95. The molecule has 0 spiro atoms. The van der Waals surface area contributed by atoms with Crippen LogP contribution in [0.25, 0.3) is 0 Å². The van der Waals surface area contributed by atoms with Crippen molar-refractivity contribution >= 4 is 11.6 Å². The van der Waals surface area contributed by atoms with E-state index in [9.17, 15) is 19.3 Å². The van der Waals surface area contributed by atoms with Crippen molar-refractivity contribution in [3.8, 4) is 0 Å². The Morgan fingerprint density at radius 1 is 1.57 bits per heavy atom. The number of carbonyl (C=O) groups excluding carboxylic acids is 1. The maximum atomic E-state index is 12.8. The molecular formula is C7H4FN3O3. The van der Waals surface area contributed by atoms with Gasteiger partial charge in [-0.2, -0.15) is 5.10 Å². The minimum Gasteiger partial charge on any atom is -0.272 e. The molecule has 6 nitrogen and oxygen atoms in total. The number of hydrogen-bond donors (Lipinski definition) is 1. The van der Waals surface area contributed by atoms with Crippen LogP contribution in [0.1, 0.15) is 0 Å². The monoisotopic (exact) mass is 197 g/mol. The molecule has 1 heterocycles. The van der Waals surface area contributed by atoms with Crippen molar-refractivity contribution < 1.29 is 14.1 Å². The molecule has 1 aliphatic carbocycles. The summed E-state index contributed by atoms with van der Waals surface area (Å²) in [5.74, 6) is -2.46. The van der Waals surface area contributed by atoms with Crippen molar-refractivity contribution in [1.29, 1.82) is 0 Å². The van der Waals surface area contributed by atoms with Gasteiger partial charge in [0.1, 0.15) is 5.83 Å². The summed E-state index contributed by atoms with van der Waals surface area (Å²) in [5.41, 5.74) is 1.62. The van der Waals surface area contributed by atoms with Crippen LogP contribution in [-0.4, -0.2) is 16.5 Å². The smallest absolute Gasteiger partial charge is 0.267 e. The fraction of sp³-hybridized carbons (Fsp3) is 0.143. The van der Waals surface area contributed by atoms with Crippen LogP contribution in [0.5, 0.6) is 0 Å². The van der Waals surface area contributed by atoms with E-state index in [-0.39, 0.29) is 5.71 Å². The minimum absolute atomic E-state index is 0.0432. The van der Waals surface area contributed by atoms with Crippen LogP contribution in [-0.2, 0) is 4.79 Å². The Balaban J connectivity index is 2.49. The molecule has 0 bridgehead atoms. The van der Waals surface area contributed by atoms with E-state index >= 15 is 0 Å². The second-order valence-corrected chi connectivity index (χ2v) is 2.80. The topological polar surface area (TPSA) is 84.6 Å². The number of amides is 1. The van der Waals surface area contributed by atoms with Gasteiger partial charge in [-0.3, -0.25) is 14.9 Å². The normalized spacial score (nSPS) is 24.5. The van der Waals surface area contributed by atoms with Gasteiger partial charge >= 0.3 is 0 Å². The number of fused-ring (bicyclic) bond motifs is 1. The highest BCUT2D eigenvalue weighted by Gasteiger charge is 2.41. The van der Waals surface area contributed by atoms with Gasteiger partial charge in [-0.1, -0.05) is 0 Å². The molecule has 0 fully saturated rings. The van der Waals surface area contributed by atoms with Gasteiger partial charge < -0.3 is 0 Å². The van der Waals surface area contributed by atoms with Crippen molar-refractivity contribution in [2.45, 2.75) is 0 Å². The highest BCUT2D eigenvalue weighted by Crippen LogP contribution is 2.26. The number of halogens is 1. The summed E-state index contributed by atoms with van der Waals surface area (Å²) >= 11 is 0. The zero-order chi connectivity index (χ0) is 10.3. The molecule has 2 aliphatic rings. The summed E-state index contributed by atoms with van der Waals surface area (Å²) in [6.45, 7) is 0. The maximum absolute atomic E-state index is 12.8. The molecule has 1 unspecified atom stereocenters. The number of nitro groups is 1. The standard InChI is InChI=1S/C7H4FN3O3/c8-3-1-4-6(7(12)10-9-4)5(2-3)11(13)14/h1-2,6H,(H,10,12). The summed E-state index contributed by atoms with van der Waals surface area (Å²) in [4.78, 5) is 20.8. The van der Waals surface area contributed by atoms with Crippen LogP contribution in [0.15, 0.2) is 28.8 Å². The SMILES string of the molecule is O=C1NN=C2C=C(F)C=C([N+](=O)[O-])C12. The molecule has 0 saturated heterocycles. The molecule has 72 valence electrons. The number of rotatable bonds is 1. The lowest BCUT2D eigenvalue weighted by Gasteiger charge is -2.08. The van der Waals surface area contributed by atoms with Gasteiger partial charge in [0.05, 0.1) is 10.6 Å². The van der Waals surface area contributed by atoms with Crippen molar-refractivity contribution in [1.82, 2.24) is 5.43 Å². The Bertz CT molecular complexity index is 424. The molecule has 0 aromatic heterocycles. The van der Waals surface area contributed by atoms with Crippen molar-refractivity contribution in [2.75, 3.05) is 0 Å². The van der Waals surface area contributed by atoms with Gasteiger partial charge in [0.2, 0.25) is 0 Å². The molecule has 14 heavy (non-hydrogen) atoms. The third-order valence-electron chi connectivity index (χ3n) is 1.93. The lowest BCUT2D eigenvalue weighted by molar-refractivity contribution is -0.429. The van der Waals surface area contributed by atoms with Crippen LogP contribution >= 0.6 is 0 Å². The summed E-state index contributed by atoms with van der Waals surface area (Å²) in [6.07, 6.45) is 1.73. The first kappa shape index (κ1) is 8.54. The molecule has 2 rings (SSSR count). The largest absolute Gasteiger partial charge is 0.272 e. The van der Waals surface area contributed by atoms with Crippen LogP contribution < -0.4 is 5.43 Å². The number of nitrogens with one attached hydrogen (secondary N) is 1. The molecule has 7 heteroatoms. The highest BCUT2D eigenvalue weighted by atomic mass is 19.1. The number of carbonyl (C=O) groups is 1. The van der Waals surface area contributed by atoms with Gasteiger partial charge in [0, 0.05) is 6.08 Å². The molecule has 1 aliphatic heterocycles. The molecule has 1 atom stereocenters. The average molecular weight is 197 g/mol. The molecule has 0 aromatic rings. The van der Waals surface area contributed by atoms with E-state index in [2.05, 4.69) is 10.5 Å². The van der Waals surface area contributed by atoms with Gasteiger partial charge in [0.25, 0.3) is 11.6 Å². The molecule has 0 aromatic carbocycles. The van der Waals surface area contributed by atoms with Crippen LogP contribution in [0.4, 0.5) is 4.39 Å². The average Bonchev–Trinajstić information content (AvgIpc) is 2.46. The third kappa shape index (κ3) is 1.10. The van der Waals surface area contributed by atoms with Gasteiger partial charge in [-0.05, 0) is 6.08 Å². The fourth-order valence-corrected chi connectivity index (χ4v) is 1.35. The van der Waals surface area contributed by atoms with Gasteiger partial charge in [-0.25, -0.2) is 9.82 Å². The second-order valence-electron chi connectivity index (χ2n) is 2.80. The molecule has 1 N–H and O–H groups in total. The van der Waals surface area contributed by atoms with Crippen molar-refractivity contribution in [3.05, 3.63) is 33.8 Å². The Morgan fingerprint density at radius 3 is 2.93 bits per heavy atom. The summed E-state index contributed by atoms with van der Waals surface area (Å²) < 4.78 is 12.8. The van der Waals surface area contributed by atoms with E-state index in [0.717, 1.165) is 12.2 Å². The fourth-order valence-electron chi connectivity index (χ4n) is 1.35. The third-order valence-corrected chi connectivity index (χ3v) is 1.93. The highest BCUT2D eigenvalue weighted by molar-refractivity contribution is 6.16. The Hall–Kier alpha value is -2.05. The lowest BCUT2D eigenvalue weighted by Crippen LogP contribution is -2.29. The summed E-state index contributed by atoms with van der Waals surface area (Å²) in [5, 5.41) is 14.0. The summed E-state index contributed by atoms with van der Waals surface area (Å²) in [6, 6.07) is 0. The summed E-state index contributed by atoms with van der Waals surface area (Å²) in [7, 11) is 0. The van der Waals surface area contributed by atoms with E-state index < -0.39 is 28.3 Å². The Labute approximate surface area is 76.9 Å². The molecule has 0 saturated carbocycles. The Morgan fingerprint density at radius 2 is 2.29 bits per heavy atom. The first-order valence-corrected chi connectivity index (χ1v) is 3.70. The van der Waals surface area contributed by atoms with E-state index in [1.807, 2.05) is 0 Å². The van der Waals surface area contributed by atoms with Gasteiger partial charge in [-0.15, -0.1) is 0 Å². The zero-order valence-corrected chi connectivity index (χ0v) is 6.73. The van der Waals surface area contributed by atoms with Crippen molar-refractivity contribution in [2.24, 2.45) is 11.0 Å². The minimum atomic E-state index is -1.08. The molecule has 1 amide bonds. The zero-order valence-electron chi connectivity index (χ0n) is 6.73. The molecule has 0 radical (unpaired) electrons. The second kappa shape index (κ2) is 2.72. The van der Waals surface area contributed by atoms with Crippen molar-refractivity contribution in [3.63, 3.8) is 0 Å². The van der Waals surface area contributed by atoms with Crippen LogP contribution in [0, 0.1) is 16.0 Å². The van der Waals surface area contributed by atoms with Gasteiger partial charge in [0.15, 0.2) is 5.92 Å². The van der Waals surface area contributed by atoms with E-state index in [1.54, 1.807) is 0 Å². The number of nitrogens with zero attached hydrogens (tertiary/aromatic N) is 2. The van der Waals surface area contributed by atoms with E-state index in [4.69, 9.17) is 0 Å². The predicted octanol–water partition coefficient (Wildman–Crippen LogP) is 0.116. The number of hydrazone groups is 1. The van der Waals surface area contributed by atoms with Crippen LogP contribution in [0.2, 0.25) is 0 Å². The predicted molar refractivity (Wildman–Crippen MR) is 43.3 cm³/mol. The first-order valence-electron chi connectivity index (χ1n) is 3.70.